The normalized spacial score (nSPS) is 19.2. The Morgan fingerprint density at radius 1 is 1.50 bits per heavy atom. The highest BCUT2D eigenvalue weighted by Crippen LogP contribution is 2.20. The van der Waals surface area contributed by atoms with Crippen molar-refractivity contribution in [3.8, 4) is 0 Å². The van der Waals surface area contributed by atoms with Gasteiger partial charge in [-0.05, 0) is 18.8 Å². The van der Waals surface area contributed by atoms with E-state index in [-0.39, 0.29) is 5.91 Å². The number of amides is 1. The van der Waals surface area contributed by atoms with Crippen LogP contribution in [0.5, 0.6) is 0 Å². The van der Waals surface area contributed by atoms with E-state index in [1.165, 1.54) is 6.92 Å². The second-order valence-corrected chi connectivity index (χ2v) is 3.42. The molecule has 0 aliphatic heterocycles. The smallest absolute Gasteiger partial charge is 0.216 e. The van der Waals surface area contributed by atoms with Gasteiger partial charge in [-0.2, -0.15) is 0 Å². The van der Waals surface area contributed by atoms with E-state index in [2.05, 4.69) is 5.32 Å². The third-order valence-electron chi connectivity index (χ3n) is 2.30. The maximum absolute atomic E-state index is 10.9. The van der Waals surface area contributed by atoms with Gasteiger partial charge in [0.15, 0.2) is 0 Å². The Labute approximate surface area is 72.5 Å². The van der Waals surface area contributed by atoms with Gasteiger partial charge in [-0.15, -0.1) is 0 Å². The fourth-order valence-corrected chi connectivity index (χ4v) is 1.49. The fourth-order valence-electron chi connectivity index (χ4n) is 1.49. The molecule has 0 aromatic rings. The maximum Gasteiger partial charge on any atom is 0.216 e. The summed E-state index contributed by atoms with van der Waals surface area (Å²) in [5.41, 5.74) is 0. The summed E-state index contributed by atoms with van der Waals surface area (Å²) in [5, 5.41) is 2.78. The van der Waals surface area contributed by atoms with Crippen molar-refractivity contribution in [2.24, 2.45) is 5.92 Å². The van der Waals surface area contributed by atoms with E-state index in [1.807, 2.05) is 0 Å². The lowest BCUT2D eigenvalue weighted by Gasteiger charge is -2.20. The van der Waals surface area contributed by atoms with E-state index >= 15 is 0 Å². The van der Waals surface area contributed by atoms with Crippen LogP contribution in [0.15, 0.2) is 0 Å². The molecular formula is C9H15NO2. The van der Waals surface area contributed by atoms with Gasteiger partial charge >= 0.3 is 0 Å². The Hall–Kier alpha value is -0.860. The van der Waals surface area contributed by atoms with Crippen LogP contribution in [0.1, 0.15) is 32.6 Å². The van der Waals surface area contributed by atoms with E-state index in [0.29, 0.717) is 24.5 Å². The van der Waals surface area contributed by atoms with Crippen molar-refractivity contribution in [2.75, 3.05) is 6.54 Å². The number of hydrogen-bond acceptors (Lipinski definition) is 2. The standard InChI is InChI=1S/C9H15NO2/c1-7(11)10-6-8-2-4-9(12)5-3-8/h8H,2-6H2,1H3,(H,10,11). The quantitative estimate of drug-likeness (QED) is 0.667. The van der Waals surface area contributed by atoms with E-state index < -0.39 is 0 Å². The van der Waals surface area contributed by atoms with Crippen LogP contribution in [0, 0.1) is 5.92 Å². The molecule has 0 bridgehead atoms. The largest absolute Gasteiger partial charge is 0.356 e. The lowest BCUT2D eigenvalue weighted by molar-refractivity contribution is -0.121. The second-order valence-electron chi connectivity index (χ2n) is 3.42. The van der Waals surface area contributed by atoms with Crippen LogP contribution in [0.4, 0.5) is 0 Å². The molecule has 0 spiro atoms. The average molecular weight is 169 g/mol. The van der Waals surface area contributed by atoms with Gasteiger partial charge in [-0.1, -0.05) is 0 Å². The van der Waals surface area contributed by atoms with Crippen LogP contribution in [0.2, 0.25) is 0 Å². The zero-order chi connectivity index (χ0) is 8.97. The highest BCUT2D eigenvalue weighted by atomic mass is 16.1. The summed E-state index contributed by atoms with van der Waals surface area (Å²) < 4.78 is 0. The summed E-state index contributed by atoms with van der Waals surface area (Å²) >= 11 is 0. The minimum atomic E-state index is 0.0203. The third kappa shape index (κ3) is 3.03. The van der Waals surface area contributed by atoms with Crippen molar-refractivity contribution in [3.63, 3.8) is 0 Å². The molecule has 1 aliphatic carbocycles. The number of ketones is 1. The van der Waals surface area contributed by atoms with Crippen LogP contribution < -0.4 is 5.32 Å². The van der Waals surface area contributed by atoms with Crippen LogP contribution in [0.3, 0.4) is 0 Å². The first-order valence-electron chi connectivity index (χ1n) is 4.44. The molecule has 68 valence electrons. The van der Waals surface area contributed by atoms with Gasteiger partial charge in [0, 0.05) is 26.3 Å². The SMILES string of the molecule is CC(=O)NCC1CCC(=O)CC1. The summed E-state index contributed by atoms with van der Waals surface area (Å²) in [5.74, 6) is 0.910. The molecule has 1 N–H and O–H groups in total. The van der Waals surface area contributed by atoms with Gasteiger partial charge in [-0.25, -0.2) is 0 Å². The van der Waals surface area contributed by atoms with E-state index in [1.54, 1.807) is 0 Å². The summed E-state index contributed by atoms with van der Waals surface area (Å²) in [6.45, 7) is 2.26. The number of Topliss-reactive ketones (excluding diaryl/α,β-unsaturated/α-hetero) is 1. The average Bonchev–Trinajstić information content (AvgIpc) is 2.03. The van der Waals surface area contributed by atoms with Gasteiger partial charge in [-0.3, -0.25) is 9.59 Å². The molecule has 12 heavy (non-hydrogen) atoms. The van der Waals surface area contributed by atoms with Crippen molar-refractivity contribution >= 4 is 11.7 Å². The highest BCUT2D eigenvalue weighted by molar-refractivity contribution is 5.79. The molecule has 1 aliphatic rings. The van der Waals surface area contributed by atoms with Crippen molar-refractivity contribution < 1.29 is 9.59 Å². The van der Waals surface area contributed by atoms with E-state index in [9.17, 15) is 9.59 Å². The zero-order valence-corrected chi connectivity index (χ0v) is 7.43. The molecule has 0 aromatic heterocycles. The van der Waals surface area contributed by atoms with Crippen molar-refractivity contribution in [1.29, 1.82) is 0 Å². The monoisotopic (exact) mass is 169 g/mol. The van der Waals surface area contributed by atoms with Gasteiger partial charge in [0.1, 0.15) is 5.78 Å². The third-order valence-corrected chi connectivity index (χ3v) is 2.30. The first-order chi connectivity index (χ1) is 5.68. The number of nitrogens with one attached hydrogen (secondary N) is 1. The van der Waals surface area contributed by atoms with Crippen molar-refractivity contribution in [2.45, 2.75) is 32.6 Å². The second kappa shape index (κ2) is 4.24. The predicted octanol–water partition coefficient (Wildman–Crippen LogP) is 0.882. The van der Waals surface area contributed by atoms with Gasteiger partial charge < -0.3 is 5.32 Å². The minimum absolute atomic E-state index is 0.0203. The topological polar surface area (TPSA) is 46.2 Å². The molecule has 1 fully saturated rings. The first kappa shape index (κ1) is 9.23. The first-order valence-corrected chi connectivity index (χ1v) is 4.44. The molecule has 3 nitrogen and oxygen atoms in total. The zero-order valence-electron chi connectivity index (χ0n) is 7.43. The van der Waals surface area contributed by atoms with Gasteiger partial charge in [0.25, 0.3) is 0 Å². The van der Waals surface area contributed by atoms with Gasteiger partial charge in [0.2, 0.25) is 5.91 Å². The molecule has 0 atom stereocenters. The van der Waals surface area contributed by atoms with Crippen molar-refractivity contribution in [3.05, 3.63) is 0 Å². The van der Waals surface area contributed by atoms with Gasteiger partial charge in [0.05, 0.1) is 0 Å². The lowest BCUT2D eigenvalue weighted by atomic mass is 9.88. The summed E-state index contributed by atoms with van der Waals surface area (Å²) in [6.07, 6.45) is 3.28. The molecule has 3 heteroatoms. The Bertz CT molecular complexity index is 179. The van der Waals surface area contributed by atoms with Crippen LogP contribution in [-0.4, -0.2) is 18.2 Å². The Morgan fingerprint density at radius 2 is 2.08 bits per heavy atom. The van der Waals surface area contributed by atoms with Crippen molar-refractivity contribution in [1.82, 2.24) is 5.32 Å². The Morgan fingerprint density at radius 3 is 2.58 bits per heavy atom. The molecule has 0 heterocycles. The number of hydrogen-bond donors (Lipinski definition) is 1. The van der Waals surface area contributed by atoms with E-state index in [4.69, 9.17) is 0 Å². The summed E-state index contributed by atoms with van der Waals surface area (Å²) in [7, 11) is 0. The molecule has 1 rings (SSSR count). The molecule has 0 radical (unpaired) electrons. The summed E-state index contributed by atoms with van der Waals surface area (Å²) in [6, 6.07) is 0. The maximum atomic E-state index is 10.9. The predicted molar refractivity (Wildman–Crippen MR) is 45.6 cm³/mol. The molecular weight excluding hydrogens is 154 g/mol. The molecule has 0 aromatic carbocycles. The molecule has 0 unspecified atom stereocenters. The molecule has 1 saturated carbocycles. The molecule has 0 saturated heterocycles. The highest BCUT2D eigenvalue weighted by Gasteiger charge is 2.18. The van der Waals surface area contributed by atoms with Crippen LogP contribution >= 0.6 is 0 Å². The minimum Gasteiger partial charge on any atom is -0.356 e. The summed E-state index contributed by atoms with van der Waals surface area (Å²) in [4.78, 5) is 21.4. The Balaban J connectivity index is 2.17. The number of carbonyl (C=O) groups excluding carboxylic acids is 2. The lowest BCUT2D eigenvalue weighted by Crippen LogP contribution is -2.29. The van der Waals surface area contributed by atoms with E-state index in [0.717, 1.165) is 19.4 Å². The van der Waals surface area contributed by atoms with Crippen LogP contribution in [-0.2, 0) is 9.59 Å². The number of rotatable bonds is 2. The number of carbonyl (C=O) groups is 2. The van der Waals surface area contributed by atoms with Crippen LogP contribution in [0.25, 0.3) is 0 Å². The fraction of sp³-hybridized carbons (Fsp3) is 0.778. The Kier molecular flexibility index (Phi) is 3.26. The molecule has 1 amide bonds.